The highest BCUT2D eigenvalue weighted by atomic mass is 16.5. The van der Waals surface area contributed by atoms with Crippen molar-refractivity contribution in [2.45, 2.75) is 12.8 Å². The number of rotatable bonds is 11. The van der Waals surface area contributed by atoms with Gasteiger partial charge in [0.2, 0.25) is 5.75 Å². The molecule has 1 unspecified atom stereocenters. The number of carbonyl (C=O) groups is 2. The standard InChI is InChI=1S/C23H30N2O7/c1-28-19-12-16(13-20(29-2)23(19)32-5)8-10-24-25-11-9-17(14-22(27)31-4)18(15-25)6-7-21(26)30-3/h6-7,9,11-13,15,17,24H,8,10,14H2,1-5H3/b7-6+. The fourth-order valence-electron chi connectivity index (χ4n) is 3.16. The van der Waals surface area contributed by atoms with Gasteiger partial charge in [-0.05, 0) is 35.8 Å². The maximum absolute atomic E-state index is 11.7. The van der Waals surface area contributed by atoms with Crippen LogP contribution in [0.25, 0.3) is 0 Å². The van der Waals surface area contributed by atoms with E-state index < -0.39 is 5.97 Å². The Labute approximate surface area is 188 Å². The topological polar surface area (TPSA) is 95.6 Å². The van der Waals surface area contributed by atoms with Crippen molar-refractivity contribution < 1.29 is 33.3 Å². The van der Waals surface area contributed by atoms with Crippen LogP contribution in [0, 0.1) is 5.92 Å². The number of esters is 2. The fraction of sp³-hybridized carbons (Fsp3) is 0.391. The first-order chi connectivity index (χ1) is 15.4. The molecule has 2 rings (SSSR count). The summed E-state index contributed by atoms with van der Waals surface area (Å²) in [5.74, 6) is 0.727. The number of hydrogen-bond acceptors (Lipinski definition) is 9. The summed E-state index contributed by atoms with van der Waals surface area (Å²) >= 11 is 0. The van der Waals surface area contributed by atoms with Crippen molar-refractivity contribution >= 4 is 11.9 Å². The van der Waals surface area contributed by atoms with Gasteiger partial charge in [0, 0.05) is 30.9 Å². The summed E-state index contributed by atoms with van der Waals surface area (Å²) in [5, 5.41) is 1.78. The molecule has 0 fully saturated rings. The maximum atomic E-state index is 11.7. The van der Waals surface area contributed by atoms with Crippen LogP contribution in [-0.4, -0.2) is 59.0 Å². The van der Waals surface area contributed by atoms with Crippen LogP contribution in [0.3, 0.4) is 0 Å². The molecule has 0 amide bonds. The summed E-state index contributed by atoms with van der Waals surface area (Å²) < 4.78 is 25.6. The molecule has 1 aromatic carbocycles. The highest BCUT2D eigenvalue weighted by Gasteiger charge is 2.19. The van der Waals surface area contributed by atoms with Gasteiger partial charge in [-0.15, -0.1) is 0 Å². The molecule has 1 aliphatic heterocycles. The average Bonchev–Trinajstić information content (AvgIpc) is 2.82. The molecule has 0 radical (unpaired) electrons. The minimum Gasteiger partial charge on any atom is -0.493 e. The third-order valence-electron chi connectivity index (χ3n) is 4.86. The average molecular weight is 447 g/mol. The van der Waals surface area contributed by atoms with E-state index in [-0.39, 0.29) is 18.3 Å². The molecule has 1 aliphatic rings. The summed E-state index contributed by atoms with van der Waals surface area (Å²) in [4.78, 5) is 23.2. The number of carbonyl (C=O) groups excluding carboxylic acids is 2. The second-order valence-corrected chi connectivity index (χ2v) is 6.81. The molecule has 1 heterocycles. The van der Waals surface area contributed by atoms with Gasteiger partial charge >= 0.3 is 11.9 Å². The smallest absolute Gasteiger partial charge is 0.330 e. The number of hydrogen-bond donors (Lipinski definition) is 1. The zero-order valence-corrected chi connectivity index (χ0v) is 19.0. The molecule has 0 bridgehead atoms. The Morgan fingerprint density at radius 3 is 2.28 bits per heavy atom. The van der Waals surface area contributed by atoms with Crippen LogP contribution in [0.5, 0.6) is 17.2 Å². The van der Waals surface area contributed by atoms with Crippen molar-refractivity contribution in [2.24, 2.45) is 5.92 Å². The summed E-state index contributed by atoms with van der Waals surface area (Å²) in [7, 11) is 7.38. The zero-order valence-electron chi connectivity index (χ0n) is 19.0. The van der Waals surface area contributed by atoms with E-state index in [0.717, 1.165) is 11.1 Å². The maximum Gasteiger partial charge on any atom is 0.330 e. The number of methoxy groups -OCH3 is 5. The largest absolute Gasteiger partial charge is 0.493 e. The van der Waals surface area contributed by atoms with Gasteiger partial charge in [-0.1, -0.05) is 6.08 Å². The predicted octanol–water partition coefficient (Wildman–Crippen LogP) is 2.38. The van der Waals surface area contributed by atoms with Crippen LogP contribution in [0.2, 0.25) is 0 Å². The van der Waals surface area contributed by atoms with Gasteiger partial charge in [-0.3, -0.25) is 9.80 Å². The van der Waals surface area contributed by atoms with Crippen molar-refractivity contribution in [1.29, 1.82) is 0 Å². The number of hydrazine groups is 1. The van der Waals surface area contributed by atoms with Gasteiger partial charge in [0.05, 0.1) is 42.0 Å². The van der Waals surface area contributed by atoms with Gasteiger partial charge in [0.15, 0.2) is 11.5 Å². The van der Waals surface area contributed by atoms with Crippen LogP contribution < -0.4 is 19.6 Å². The molecule has 1 atom stereocenters. The summed E-state index contributed by atoms with van der Waals surface area (Å²) in [6.45, 7) is 0.606. The van der Waals surface area contributed by atoms with Crippen LogP contribution >= 0.6 is 0 Å². The zero-order chi connectivity index (χ0) is 23.5. The second kappa shape index (κ2) is 12.4. The Balaban J connectivity index is 2.08. The van der Waals surface area contributed by atoms with Crippen LogP contribution in [0.4, 0.5) is 0 Å². The molecule has 0 spiro atoms. The molecule has 0 aliphatic carbocycles. The first-order valence-electron chi connectivity index (χ1n) is 9.99. The molecule has 9 heteroatoms. The number of allylic oxidation sites excluding steroid dienone is 3. The van der Waals surface area contributed by atoms with E-state index in [4.69, 9.17) is 18.9 Å². The first-order valence-corrected chi connectivity index (χ1v) is 9.99. The Kier molecular flexibility index (Phi) is 9.62. The fourth-order valence-corrected chi connectivity index (χ4v) is 3.16. The number of nitrogens with one attached hydrogen (secondary N) is 1. The molecule has 1 aromatic rings. The minimum atomic E-state index is -0.473. The third kappa shape index (κ3) is 6.78. The van der Waals surface area contributed by atoms with Crippen molar-refractivity contribution in [3.8, 4) is 17.2 Å². The van der Waals surface area contributed by atoms with Crippen molar-refractivity contribution in [3.63, 3.8) is 0 Å². The third-order valence-corrected chi connectivity index (χ3v) is 4.86. The van der Waals surface area contributed by atoms with Gasteiger partial charge in [0.1, 0.15) is 0 Å². The lowest BCUT2D eigenvalue weighted by Crippen LogP contribution is -2.33. The highest BCUT2D eigenvalue weighted by Crippen LogP contribution is 2.38. The van der Waals surface area contributed by atoms with Gasteiger partial charge in [-0.25, -0.2) is 10.2 Å². The van der Waals surface area contributed by atoms with Crippen molar-refractivity contribution in [1.82, 2.24) is 10.4 Å². The van der Waals surface area contributed by atoms with Crippen molar-refractivity contribution in [2.75, 3.05) is 42.1 Å². The van der Waals surface area contributed by atoms with E-state index >= 15 is 0 Å². The van der Waals surface area contributed by atoms with E-state index in [1.54, 1.807) is 32.4 Å². The monoisotopic (exact) mass is 446 g/mol. The van der Waals surface area contributed by atoms with Gasteiger partial charge in [-0.2, -0.15) is 0 Å². The lowest BCUT2D eigenvalue weighted by atomic mass is 9.94. The van der Waals surface area contributed by atoms with E-state index in [1.165, 1.54) is 20.3 Å². The SMILES string of the molecule is COC(=O)/C=C/C1=CN(NCCc2cc(OC)c(OC)c(OC)c2)C=CC1CC(=O)OC. The van der Waals surface area contributed by atoms with Crippen LogP contribution in [0.1, 0.15) is 12.0 Å². The number of nitrogens with zero attached hydrogens (tertiary/aromatic N) is 1. The number of ether oxygens (including phenoxy) is 5. The van der Waals surface area contributed by atoms with Gasteiger partial charge in [0.25, 0.3) is 0 Å². The highest BCUT2D eigenvalue weighted by molar-refractivity contribution is 5.82. The summed E-state index contributed by atoms with van der Waals surface area (Å²) in [6.07, 6.45) is 9.35. The van der Waals surface area contributed by atoms with E-state index in [2.05, 4.69) is 10.2 Å². The van der Waals surface area contributed by atoms with E-state index in [1.807, 2.05) is 30.6 Å². The molecule has 0 aromatic heterocycles. The number of benzene rings is 1. The molecule has 0 saturated heterocycles. The Hall–Kier alpha value is -3.46. The molecular weight excluding hydrogens is 416 g/mol. The van der Waals surface area contributed by atoms with Crippen LogP contribution in [-0.2, 0) is 25.5 Å². The lowest BCUT2D eigenvalue weighted by Gasteiger charge is -2.26. The molecule has 32 heavy (non-hydrogen) atoms. The van der Waals surface area contributed by atoms with E-state index in [0.29, 0.717) is 30.2 Å². The van der Waals surface area contributed by atoms with Crippen LogP contribution in [0.15, 0.2) is 48.3 Å². The molecular formula is C23H30N2O7. The van der Waals surface area contributed by atoms with Crippen molar-refractivity contribution in [3.05, 3.63) is 53.9 Å². The quantitative estimate of drug-likeness (QED) is 0.406. The molecule has 1 N–H and O–H groups in total. The first kappa shape index (κ1) is 24.8. The Morgan fingerprint density at radius 2 is 1.72 bits per heavy atom. The minimum absolute atomic E-state index is 0.170. The van der Waals surface area contributed by atoms with Gasteiger partial charge < -0.3 is 23.7 Å². The molecule has 174 valence electrons. The molecule has 9 nitrogen and oxygen atoms in total. The Morgan fingerprint density at radius 1 is 1.03 bits per heavy atom. The Bertz CT molecular complexity index is 867. The predicted molar refractivity (Wildman–Crippen MR) is 118 cm³/mol. The molecule has 0 saturated carbocycles. The summed E-state index contributed by atoms with van der Waals surface area (Å²) in [5.41, 5.74) is 5.06. The lowest BCUT2D eigenvalue weighted by molar-refractivity contribution is -0.141. The normalized spacial score (nSPS) is 15.3. The van der Waals surface area contributed by atoms with E-state index in [9.17, 15) is 9.59 Å². The summed E-state index contributed by atoms with van der Waals surface area (Å²) in [6, 6.07) is 3.81. The second-order valence-electron chi connectivity index (χ2n) is 6.81.